The summed E-state index contributed by atoms with van der Waals surface area (Å²) in [4.78, 5) is 65.0. The molecule has 4 atom stereocenters. The molecule has 3 aliphatic rings. The molecule has 0 radical (unpaired) electrons. The Morgan fingerprint density at radius 3 is 2.21 bits per heavy atom. The van der Waals surface area contributed by atoms with Crippen molar-refractivity contribution < 1.29 is 48.4 Å². The van der Waals surface area contributed by atoms with Crippen molar-refractivity contribution in [1.29, 1.82) is 0 Å². The van der Waals surface area contributed by atoms with Crippen LogP contribution >= 0.6 is 11.8 Å². The predicted octanol–water partition coefficient (Wildman–Crippen LogP) is -2.53. The zero-order valence-electron chi connectivity index (χ0n) is 20.6. The molecule has 18 heteroatoms. The van der Waals surface area contributed by atoms with E-state index >= 15 is 0 Å². The Morgan fingerprint density at radius 2 is 1.69 bits per heavy atom. The first-order chi connectivity index (χ1) is 16.7. The van der Waals surface area contributed by atoms with Gasteiger partial charge in [0.2, 0.25) is 21.8 Å². The number of nitrogens with one attached hydrogen (secondary N) is 2. The van der Waals surface area contributed by atoms with Gasteiger partial charge >= 0.3 is 47.6 Å². The molecule has 1 unspecified atom stereocenters. The number of rotatable bonds is 6. The fourth-order valence-electron chi connectivity index (χ4n) is 4.54. The van der Waals surface area contributed by atoms with Crippen LogP contribution in [0.1, 0.15) is 25.5 Å². The summed E-state index contributed by atoms with van der Waals surface area (Å²) in [6.07, 6.45) is 0.850. The van der Waals surface area contributed by atoms with Crippen molar-refractivity contribution in [2.75, 3.05) is 19.3 Å². The van der Waals surface area contributed by atoms with Gasteiger partial charge < -0.3 is 31.6 Å². The second-order valence-electron chi connectivity index (χ2n) is 9.15. The van der Waals surface area contributed by atoms with Crippen molar-refractivity contribution in [2.24, 2.45) is 0 Å². The minimum absolute atomic E-state index is 0. The van der Waals surface area contributed by atoms with E-state index in [-0.39, 0.29) is 53.6 Å². The monoisotopic (exact) mass is 599 g/mol. The van der Waals surface area contributed by atoms with Gasteiger partial charge in [0, 0.05) is 4.75 Å². The summed E-state index contributed by atoms with van der Waals surface area (Å²) in [5.74, 6) is -2.42. The van der Waals surface area contributed by atoms with E-state index in [0.717, 1.165) is 6.26 Å². The standard InChI is InChI=1S/C21H25N5O8S2.Na.2H2O.H/c1-21(2)14(18(29)30)26-16(28)13(17(26)35-21)22-15(27)12(11-7-5-4-6-8-11)23-19(31)24-9-10-25(20(24)32)36(3,33)34;;;;/h4-8,12-14,17H,9-10H2,1-3H3,(H,22,27)(H,23,31)(H,29,30);;2*1H2;/t12?,13-,14+,17-;;;;/m1..../s1. The molecule has 3 aliphatic heterocycles. The van der Waals surface area contributed by atoms with Crippen LogP contribution in [0.3, 0.4) is 0 Å². The molecular formula is C21H30N5NaO10S2. The van der Waals surface area contributed by atoms with Crippen LogP contribution in [0.15, 0.2) is 30.3 Å². The SMILES string of the molecule is CC1(C)S[C@@H]2[C@H](NC(=O)C(NC(=O)N3CCN(S(C)(=O)=O)C3=O)c3ccccc3)C(=O)N2[C@H]1C(=O)O.O.O.[NaH]. The number of urea groups is 2. The second-order valence-corrected chi connectivity index (χ2v) is 12.8. The molecular weight excluding hydrogens is 569 g/mol. The summed E-state index contributed by atoms with van der Waals surface area (Å²) in [6, 6.07) is 2.76. The molecule has 4 rings (SSSR count). The molecule has 0 spiro atoms. The predicted molar refractivity (Wildman–Crippen MR) is 141 cm³/mol. The fourth-order valence-corrected chi connectivity index (χ4v) is 6.96. The molecule has 3 heterocycles. The molecule has 0 aliphatic carbocycles. The Hall–Kier alpha value is -2.41. The van der Waals surface area contributed by atoms with E-state index in [9.17, 15) is 37.5 Å². The van der Waals surface area contributed by atoms with Gasteiger partial charge in [-0.2, -0.15) is 0 Å². The molecule has 15 nitrogen and oxygen atoms in total. The second kappa shape index (κ2) is 12.4. The van der Waals surface area contributed by atoms with Crippen LogP contribution in [0.5, 0.6) is 0 Å². The van der Waals surface area contributed by atoms with Crippen LogP contribution in [0.4, 0.5) is 9.59 Å². The van der Waals surface area contributed by atoms with Gasteiger partial charge in [0.1, 0.15) is 23.5 Å². The molecule has 0 aromatic heterocycles. The molecule has 6 amide bonds. The third-order valence-corrected chi connectivity index (χ3v) is 8.96. The zero-order valence-corrected chi connectivity index (χ0v) is 22.2. The number of thioether (sulfide) groups is 1. The average Bonchev–Trinajstić information content (AvgIpc) is 3.31. The average molecular weight is 600 g/mol. The summed E-state index contributed by atoms with van der Waals surface area (Å²) in [5, 5.41) is 14.0. The number of fused-ring (bicyclic) bond motifs is 1. The number of carboxylic acid groups (broad SMARTS) is 1. The molecule has 1 aromatic rings. The van der Waals surface area contributed by atoms with E-state index in [0.29, 0.717) is 14.8 Å². The molecule has 0 saturated carbocycles. The van der Waals surface area contributed by atoms with Gasteiger partial charge in [-0.05, 0) is 19.4 Å². The van der Waals surface area contributed by atoms with Gasteiger partial charge in [-0.1, -0.05) is 30.3 Å². The third-order valence-electron chi connectivity index (χ3n) is 6.25. The van der Waals surface area contributed by atoms with Crippen molar-refractivity contribution in [3.63, 3.8) is 0 Å². The third kappa shape index (κ3) is 6.34. The maximum atomic E-state index is 13.3. The Labute approximate surface area is 250 Å². The minimum atomic E-state index is -3.87. The Kier molecular flexibility index (Phi) is 11.0. The van der Waals surface area contributed by atoms with E-state index in [4.69, 9.17) is 0 Å². The fraction of sp³-hybridized carbons (Fsp3) is 0.476. The number of amides is 6. The normalized spacial score (nSPS) is 23.8. The molecule has 0 bridgehead atoms. The van der Waals surface area contributed by atoms with Crippen LogP contribution in [-0.2, 0) is 24.4 Å². The van der Waals surface area contributed by atoms with E-state index in [1.54, 1.807) is 44.2 Å². The number of hydrogen-bond acceptors (Lipinski definition) is 8. The van der Waals surface area contributed by atoms with Crippen LogP contribution in [-0.4, -0.2) is 140 Å². The molecule has 1 aromatic carbocycles. The number of hydrogen-bond donors (Lipinski definition) is 3. The Balaban J connectivity index is 0.00000253. The van der Waals surface area contributed by atoms with E-state index in [1.165, 1.54) is 16.7 Å². The number of nitrogens with zero attached hydrogens (tertiary/aromatic N) is 3. The quantitative estimate of drug-likeness (QED) is 0.230. The van der Waals surface area contributed by atoms with Crippen LogP contribution in [0.2, 0.25) is 0 Å². The maximum absolute atomic E-state index is 13.3. The summed E-state index contributed by atoms with van der Waals surface area (Å²) in [7, 11) is -3.87. The number of carbonyl (C=O) groups excluding carboxylic acids is 4. The van der Waals surface area contributed by atoms with E-state index in [1.807, 2.05) is 0 Å². The van der Waals surface area contributed by atoms with Gasteiger partial charge in [-0.3, -0.25) is 9.59 Å². The van der Waals surface area contributed by atoms with Gasteiger partial charge in [-0.25, -0.2) is 32.0 Å². The van der Waals surface area contributed by atoms with E-state index in [2.05, 4.69) is 10.6 Å². The molecule has 39 heavy (non-hydrogen) atoms. The van der Waals surface area contributed by atoms with Gasteiger partial charge in [0.15, 0.2) is 0 Å². The van der Waals surface area contributed by atoms with Crippen molar-refractivity contribution >= 4 is 81.2 Å². The van der Waals surface area contributed by atoms with Crippen LogP contribution in [0.25, 0.3) is 0 Å². The zero-order chi connectivity index (χ0) is 26.6. The van der Waals surface area contributed by atoms with Gasteiger partial charge in [-0.15, -0.1) is 11.8 Å². The Bertz CT molecular complexity index is 1250. The van der Waals surface area contributed by atoms with Crippen molar-refractivity contribution in [3.8, 4) is 0 Å². The molecule has 7 N–H and O–H groups in total. The molecule has 3 saturated heterocycles. The first kappa shape index (κ1) is 34.6. The van der Waals surface area contributed by atoms with Crippen LogP contribution < -0.4 is 10.6 Å². The number of carbonyl (C=O) groups is 5. The first-order valence-electron chi connectivity index (χ1n) is 10.9. The van der Waals surface area contributed by atoms with Crippen molar-refractivity contribution in [2.45, 2.75) is 42.1 Å². The molecule has 3 fully saturated rings. The van der Waals surface area contributed by atoms with Gasteiger partial charge in [0.25, 0.3) is 0 Å². The summed E-state index contributed by atoms with van der Waals surface area (Å²) in [6.45, 7) is 3.02. The van der Waals surface area contributed by atoms with Crippen molar-refractivity contribution in [3.05, 3.63) is 35.9 Å². The Morgan fingerprint density at radius 1 is 1.10 bits per heavy atom. The van der Waals surface area contributed by atoms with Crippen molar-refractivity contribution in [1.82, 2.24) is 24.7 Å². The number of aliphatic carboxylic acids is 1. The molecule has 212 valence electrons. The topological polar surface area (TPSA) is 236 Å². The number of imide groups is 1. The van der Waals surface area contributed by atoms with E-state index < -0.39 is 68.1 Å². The number of benzene rings is 1. The summed E-state index contributed by atoms with van der Waals surface area (Å²) in [5.41, 5.74) is 0.362. The number of β-lactam (4-membered cyclic amide) rings is 1. The summed E-state index contributed by atoms with van der Waals surface area (Å²) >= 11 is 1.26. The van der Waals surface area contributed by atoms with Crippen LogP contribution in [0, 0.1) is 0 Å². The first-order valence-corrected chi connectivity index (χ1v) is 13.6. The summed E-state index contributed by atoms with van der Waals surface area (Å²) < 4.78 is 23.3. The van der Waals surface area contributed by atoms with Gasteiger partial charge in [0.05, 0.1) is 19.3 Å². The number of carboxylic acids is 1. The number of sulfonamides is 1.